The molecular weight excluding hydrogens is 410 g/mol. The topological polar surface area (TPSA) is 79.5 Å². The fourth-order valence-electron chi connectivity index (χ4n) is 3.01. The maximum atomic E-state index is 12.7. The molecular formula is C24H31N3O3S. The Labute approximate surface area is 189 Å². The Morgan fingerprint density at radius 2 is 1.55 bits per heavy atom. The van der Waals surface area contributed by atoms with Gasteiger partial charge in [0.05, 0.1) is 4.99 Å². The number of alkyl carbamates (subject to hydrolysis) is 1. The lowest BCUT2D eigenvalue weighted by Crippen LogP contribution is -2.47. The first-order chi connectivity index (χ1) is 15.0. The van der Waals surface area contributed by atoms with E-state index < -0.39 is 12.1 Å². The summed E-state index contributed by atoms with van der Waals surface area (Å²) in [5.74, 6) is -0.202. The van der Waals surface area contributed by atoms with Crippen molar-refractivity contribution in [3.05, 3.63) is 71.8 Å². The van der Waals surface area contributed by atoms with Crippen molar-refractivity contribution in [3.8, 4) is 0 Å². The Hall–Kier alpha value is -2.93. The van der Waals surface area contributed by atoms with Crippen LogP contribution in [0.2, 0.25) is 0 Å². The van der Waals surface area contributed by atoms with Crippen molar-refractivity contribution < 1.29 is 14.3 Å². The standard InChI is InChI=1S/C24H31N3O3S/c1-19(31)25-16-9-8-14-22(23(28)26-17-15-20-10-4-2-5-11-20)27-24(29)30-18-21-12-6-3-7-13-21/h2-7,10-13,22H,8-9,14-18H2,1H3,(H,25,31)(H,26,28)(H,27,29)/t22-/m0/s1. The third kappa shape index (κ3) is 10.6. The van der Waals surface area contributed by atoms with Crippen molar-refractivity contribution in [3.63, 3.8) is 0 Å². The van der Waals surface area contributed by atoms with Crippen LogP contribution in [-0.4, -0.2) is 36.1 Å². The van der Waals surface area contributed by atoms with Gasteiger partial charge in [-0.15, -0.1) is 0 Å². The van der Waals surface area contributed by atoms with Crippen LogP contribution in [0.4, 0.5) is 4.79 Å². The van der Waals surface area contributed by atoms with Crippen molar-refractivity contribution in [1.29, 1.82) is 0 Å². The van der Waals surface area contributed by atoms with Crippen LogP contribution in [0.3, 0.4) is 0 Å². The van der Waals surface area contributed by atoms with Crippen molar-refractivity contribution in [2.75, 3.05) is 13.1 Å². The van der Waals surface area contributed by atoms with Crippen molar-refractivity contribution in [2.24, 2.45) is 0 Å². The molecule has 0 radical (unpaired) electrons. The lowest BCUT2D eigenvalue weighted by atomic mass is 10.1. The predicted molar refractivity (Wildman–Crippen MR) is 127 cm³/mol. The van der Waals surface area contributed by atoms with Gasteiger partial charge in [-0.3, -0.25) is 4.79 Å². The molecule has 7 heteroatoms. The van der Waals surface area contributed by atoms with Gasteiger partial charge < -0.3 is 20.7 Å². The van der Waals surface area contributed by atoms with Crippen LogP contribution in [-0.2, 0) is 22.6 Å². The molecule has 2 rings (SSSR count). The molecule has 1 atom stereocenters. The molecule has 2 amide bonds. The fourth-order valence-corrected chi connectivity index (χ4v) is 3.11. The zero-order valence-electron chi connectivity index (χ0n) is 17.9. The Morgan fingerprint density at radius 1 is 0.903 bits per heavy atom. The lowest BCUT2D eigenvalue weighted by molar-refractivity contribution is -0.123. The highest BCUT2D eigenvalue weighted by Gasteiger charge is 2.21. The first kappa shape index (κ1) is 24.3. The van der Waals surface area contributed by atoms with Crippen molar-refractivity contribution in [1.82, 2.24) is 16.0 Å². The molecule has 0 aliphatic heterocycles. The molecule has 31 heavy (non-hydrogen) atoms. The molecule has 3 N–H and O–H groups in total. The molecule has 0 saturated heterocycles. The summed E-state index contributed by atoms with van der Waals surface area (Å²) in [5, 5.41) is 8.74. The number of amides is 2. The molecule has 0 bridgehead atoms. The van der Waals surface area contributed by atoms with Gasteiger partial charge in [0, 0.05) is 13.1 Å². The van der Waals surface area contributed by atoms with E-state index >= 15 is 0 Å². The van der Waals surface area contributed by atoms with Crippen LogP contribution in [0.1, 0.15) is 37.3 Å². The summed E-state index contributed by atoms with van der Waals surface area (Å²) in [5.41, 5.74) is 2.04. The minimum absolute atomic E-state index is 0.160. The summed E-state index contributed by atoms with van der Waals surface area (Å²) < 4.78 is 5.28. The number of benzene rings is 2. The van der Waals surface area contributed by atoms with Gasteiger partial charge in [0.15, 0.2) is 0 Å². The van der Waals surface area contributed by atoms with E-state index in [2.05, 4.69) is 16.0 Å². The second-order valence-corrected chi connectivity index (χ2v) is 7.88. The number of hydrogen-bond donors (Lipinski definition) is 3. The van der Waals surface area contributed by atoms with Gasteiger partial charge in [0.1, 0.15) is 12.6 Å². The van der Waals surface area contributed by atoms with E-state index in [4.69, 9.17) is 17.0 Å². The second-order valence-electron chi connectivity index (χ2n) is 7.26. The number of hydrogen-bond acceptors (Lipinski definition) is 4. The van der Waals surface area contributed by atoms with E-state index in [0.717, 1.165) is 41.9 Å². The molecule has 0 unspecified atom stereocenters. The summed E-state index contributed by atoms with van der Waals surface area (Å²) in [7, 11) is 0. The minimum Gasteiger partial charge on any atom is -0.445 e. The number of thiocarbonyl (C=S) groups is 1. The van der Waals surface area contributed by atoms with Crippen LogP contribution < -0.4 is 16.0 Å². The van der Waals surface area contributed by atoms with E-state index in [9.17, 15) is 9.59 Å². The normalized spacial score (nSPS) is 11.3. The van der Waals surface area contributed by atoms with E-state index in [1.54, 1.807) is 0 Å². The lowest BCUT2D eigenvalue weighted by Gasteiger charge is -2.18. The number of rotatable bonds is 12. The maximum Gasteiger partial charge on any atom is 0.408 e. The predicted octanol–water partition coefficient (Wildman–Crippen LogP) is 3.75. The quantitative estimate of drug-likeness (QED) is 0.345. The summed E-state index contributed by atoms with van der Waals surface area (Å²) >= 11 is 5.00. The molecule has 166 valence electrons. The summed E-state index contributed by atoms with van der Waals surface area (Å²) in [4.78, 5) is 25.7. The van der Waals surface area contributed by atoms with Crippen LogP contribution >= 0.6 is 12.2 Å². The third-order valence-electron chi connectivity index (χ3n) is 4.67. The van der Waals surface area contributed by atoms with Gasteiger partial charge in [-0.05, 0) is 43.7 Å². The smallest absolute Gasteiger partial charge is 0.408 e. The largest absolute Gasteiger partial charge is 0.445 e. The van der Waals surface area contributed by atoms with Gasteiger partial charge in [-0.25, -0.2) is 4.79 Å². The summed E-state index contributed by atoms with van der Waals surface area (Å²) in [6, 6.07) is 18.7. The zero-order valence-corrected chi connectivity index (χ0v) is 18.8. The molecule has 2 aromatic rings. The van der Waals surface area contributed by atoms with E-state index in [0.29, 0.717) is 13.0 Å². The SMILES string of the molecule is CC(=S)NCCCC[C@H](NC(=O)OCc1ccccc1)C(=O)NCCc1ccccc1. The van der Waals surface area contributed by atoms with E-state index in [1.807, 2.05) is 67.6 Å². The van der Waals surface area contributed by atoms with Gasteiger partial charge in [-0.1, -0.05) is 72.9 Å². The number of carbonyl (C=O) groups is 2. The van der Waals surface area contributed by atoms with Crippen LogP contribution in [0, 0.1) is 0 Å². The molecule has 2 aromatic carbocycles. The average molecular weight is 442 g/mol. The molecule has 6 nitrogen and oxygen atoms in total. The van der Waals surface area contributed by atoms with Crippen molar-refractivity contribution >= 4 is 29.2 Å². The van der Waals surface area contributed by atoms with Gasteiger partial charge in [-0.2, -0.15) is 0 Å². The summed E-state index contributed by atoms with van der Waals surface area (Å²) in [6.07, 6.45) is 2.28. The monoisotopic (exact) mass is 441 g/mol. The number of carbonyl (C=O) groups excluding carboxylic acids is 2. The highest BCUT2D eigenvalue weighted by Crippen LogP contribution is 2.05. The zero-order chi connectivity index (χ0) is 22.3. The number of ether oxygens (including phenoxy) is 1. The Bertz CT molecular complexity index is 815. The molecule has 0 aliphatic rings. The Kier molecular flexibility index (Phi) is 11.1. The Balaban J connectivity index is 1.82. The fraction of sp³-hybridized carbons (Fsp3) is 0.375. The van der Waals surface area contributed by atoms with Crippen LogP contribution in [0.5, 0.6) is 0 Å². The van der Waals surface area contributed by atoms with Crippen molar-refractivity contribution in [2.45, 2.75) is 45.3 Å². The Morgan fingerprint density at radius 3 is 2.19 bits per heavy atom. The number of unbranched alkanes of at least 4 members (excludes halogenated alkanes) is 1. The van der Waals surface area contributed by atoms with Crippen LogP contribution in [0.15, 0.2) is 60.7 Å². The first-order valence-corrected chi connectivity index (χ1v) is 11.0. The third-order valence-corrected chi connectivity index (χ3v) is 4.81. The van der Waals surface area contributed by atoms with Gasteiger partial charge in [0.2, 0.25) is 5.91 Å². The molecule has 0 fully saturated rings. The molecule has 0 spiro atoms. The van der Waals surface area contributed by atoms with Crippen LogP contribution in [0.25, 0.3) is 0 Å². The summed E-state index contributed by atoms with van der Waals surface area (Å²) in [6.45, 7) is 3.25. The molecule has 0 aromatic heterocycles. The van der Waals surface area contributed by atoms with E-state index in [1.165, 1.54) is 0 Å². The van der Waals surface area contributed by atoms with E-state index in [-0.39, 0.29) is 12.5 Å². The average Bonchev–Trinajstić information content (AvgIpc) is 2.78. The highest BCUT2D eigenvalue weighted by molar-refractivity contribution is 7.80. The molecule has 0 saturated carbocycles. The first-order valence-electron chi connectivity index (χ1n) is 10.6. The minimum atomic E-state index is -0.646. The maximum absolute atomic E-state index is 12.7. The molecule has 0 heterocycles. The van der Waals surface area contributed by atoms with Gasteiger partial charge >= 0.3 is 6.09 Å². The second kappa shape index (κ2) is 14.1. The number of nitrogens with one attached hydrogen (secondary N) is 3. The highest BCUT2D eigenvalue weighted by atomic mass is 32.1. The van der Waals surface area contributed by atoms with Gasteiger partial charge in [0.25, 0.3) is 0 Å². The molecule has 0 aliphatic carbocycles.